The molecular formula is C22H18ClF3N6O2S. The summed E-state index contributed by atoms with van der Waals surface area (Å²) in [5.74, 6) is 0.0304. The third-order valence-corrected chi connectivity index (χ3v) is 6.86. The van der Waals surface area contributed by atoms with Crippen molar-refractivity contribution in [2.75, 3.05) is 13.7 Å². The van der Waals surface area contributed by atoms with E-state index in [1.807, 2.05) is 10.3 Å². The lowest BCUT2D eigenvalue weighted by Gasteiger charge is -2.32. The van der Waals surface area contributed by atoms with Crippen LogP contribution in [0.25, 0.3) is 5.57 Å². The van der Waals surface area contributed by atoms with E-state index in [0.29, 0.717) is 45.2 Å². The van der Waals surface area contributed by atoms with Gasteiger partial charge in [0.25, 0.3) is 0 Å². The van der Waals surface area contributed by atoms with Crippen molar-refractivity contribution in [3.63, 3.8) is 0 Å². The Kier molecular flexibility index (Phi) is 6.24. The van der Waals surface area contributed by atoms with Crippen LogP contribution < -0.4 is 5.32 Å². The third-order valence-electron chi connectivity index (χ3n) is 5.76. The van der Waals surface area contributed by atoms with Crippen molar-refractivity contribution in [1.82, 2.24) is 25.0 Å². The van der Waals surface area contributed by atoms with Gasteiger partial charge in [-0.2, -0.15) is 13.9 Å². The van der Waals surface area contributed by atoms with Crippen LogP contribution in [-0.2, 0) is 4.74 Å². The van der Waals surface area contributed by atoms with Gasteiger partial charge in [0, 0.05) is 52.6 Å². The number of halogens is 4. The number of rotatable bonds is 5. The predicted molar refractivity (Wildman–Crippen MR) is 124 cm³/mol. The number of ether oxygens (including phenoxy) is 1. The van der Waals surface area contributed by atoms with Gasteiger partial charge in [0.2, 0.25) is 0 Å². The Hall–Kier alpha value is -3.38. The zero-order valence-electron chi connectivity index (χ0n) is 18.2. The highest BCUT2D eigenvalue weighted by Gasteiger charge is 2.41. The standard InChI is InChI=1S/C22H18ClF3N6O2S/c1-34-22(33)29-13-7-16-17(11-8-28-32(9-11)21(25)26)18(14-3-2-12(24)6-15(14)23)30-19(31(16)10-13)20-27-4-5-35-20/h2-6,8-9,13,18,21H,7,10H2,1H3,(H,29,33)/t13-,18-/m0/s1. The smallest absolute Gasteiger partial charge is 0.407 e. The molecule has 0 spiro atoms. The van der Waals surface area contributed by atoms with Gasteiger partial charge >= 0.3 is 12.6 Å². The molecule has 182 valence electrons. The molecule has 4 heterocycles. The van der Waals surface area contributed by atoms with E-state index >= 15 is 0 Å². The molecule has 2 atom stereocenters. The summed E-state index contributed by atoms with van der Waals surface area (Å²) in [5.41, 5.74) is 2.24. The van der Waals surface area contributed by atoms with Crippen molar-refractivity contribution in [3.8, 4) is 0 Å². The Balaban J connectivity index is 1.70. The molecule has 35 heavy (non-hydrogen) atoms. The number of hydrogen-bond acceptors (Lipinski definition) is 7. The summed E-state index contributed by atoms with van der Waals surface area (Å²) in [4.78, 5) is 23.1. The SMILES string of the molecule is COC(=O)N[C@H]1CC2=C(c3cnn(C(F)F)c3)[C@H](c3ccc(F)cc3Cl)N=C(c3nccs3)N2C1. The highest BCUT2D eigenvalue weighted by atomic mass is 35.5. The fraction of sp³-hybridized carbons (Fsp3) is 0.273. The highest BCUT2D eigenvalue weighted by molar-refractivity contribution is 7.11. The number of thiazole rings is 1. The molecule has 0 bridgehead atoms. The maximum Gasteiger partial charge on any atom is 0.407 e. The van der Waals surface area contributed by atoms with Gasteiger partial charge in [0.05, 0.1) is 19.3 Å². The van der Waals surface area contributed by atoms with Gasteiger partial charge in [-0.05, 0) is 17.7 Å². The normalized spacial score (nSPS) is 19.7. The van der Waals surface area contributed by atoms with E-state index in [1.165, 1.54) is 49.0 Å². The average molecular weight is 523 g/mol. The fourth-order valence-electron chi connectivity index (χ4n) is 4.31. The van der Waals surface area contributed by atoms with Gasteiger partial charge in [-0.15, -0.1) is 11.3 Å². The second-order valence-corrected chi connectivity index (χ2v) is 9.15. The third kappa shape index (κ3) is 4.39. The van der Waals surface area contributed by atoms with E-state index in [4.69, 9.17) is 21.3 Å². The molecule has 0 unspecified atom stereocenters. The number of alkyl halides is 2. The number of nitrogens with zero attached hydrogens (tertiary/aromatic N) is 5. The van der Waals surface area contributed by atoms with Gasteiger partial charge in [0.1, 0.15) is 11.9 Å². The minimum Gasteiger partial charge on any atom is -0.453 e. The molecule has 0 saturated carbocycles. The number of methoxy groups -OCH3 is 1. The summed E-state index contributed by atoms with van der Waals surface area (Å²) < 4.78 is 45.9. The molecule has 1 N–H and O–H groups in total. The molecule has 2 aliphatic rings. The summed E-state index contributed by atoms with van der Waals surface area (Å²) in [6, 6.07) is 2.89. The minimum atomic E-state index is -2.83. The number of carbonyl (C=O) groups is 1. The van der Waals surface area contributed by atoms with Crippen molar-refractivity contribution in [2.45, 2.75) is 25.1 Å². The first-order chi connectivity index (χ1) is 16.9. The first-order valence-corrected chi connectivity index (χ1v) is 11.7. The molecule has 2 aliphatic heterocycles. The number of aliphatic imine (C=N–C) groups is 1. The predicted octanol–water partition coefficient (Wildman–Crippen LogP) is 4.87. The number of nitrogens with one attached hydrogen (secondary N) is 1. The van der Waals surface area contributed by atoms with Gasteiger partial charge in [0.15, 0.2) is 10.8 Å². The summed E-state index contributed by atoms with van der Waals surface area (Å²) in [6.07, 6.45) is 3.99. The lowest BCUT2D eigenvalue weighted by atomic mass is 9.90. The lowest BCUT2D eigenvalue weighted by molar-refractivity contribution is 0.0566. The second kappa shape index (κ2) is 9.34. The van der Waals surface area contributed by atoms with Crippen LogP contribution in [0.2, 0.25) is 5.02 Å². The first-order valence-electron chi connectivity index (χ1n) is 10.5. The molecule has 5 rings (SSSR count). The molecule has 13 heteroatoms. The number of amidine groups is 1. The molecule has 0 aliphatic carbocycles. The van der Waals surface area contributed by atoms with Crippen LogP contribution in [0, 0.1) is 5.82 Å². The van der Waals surface area contributed by atoms with E-state index in [9.17, 15) is 18.0 Å². The van der Waals surface area contributed by atoms with E-state index in [0.717, 1.165) is 5.70 Å². The van der Waals surface area contributed by atoms with Crippen LogP contribution >= 0.6 is 22.9 Å². The van der Waals surface area contributed by atoms with Crippen LogP contribution in [0.3, 0.4) is 0 Å². The zero-order valence-corrected chi connectivity index (χ0v) is 19.7. The minimum absolute atomic E-state index is 0.146. The average Bonchev–Trinajstić information content (AvgIpc) is 3.58. The van der Waals surface area contributed by atoms with Crippen molar-refractivity contribution in [1.29, 1.82) is 0 Å². The van der Waals surface area contributed by atoms with Gasteiger partial charge < -0.3 is 15.0 Å². The number of aromatic nitrogens is 3. The molecule has 1 amide bonds. The zero-order chi connectivity index (χ0) is 24.7. The Bertz CT molecular complexity index is 1330. The molecule has 1 aromatic carbocycles. The van der Waals surface area contributed by atoms with E-state index in [1.54, 1.807) is 6.20 Å². The van der Waals surface area contributed by atoms with Crippen LogP contribution in [0.15, 0.2) is 52.9 Å². The van der Waals surface area contributed by atoms with Crippen LogP contribution in [0.4, 0.5) is 18.0 Å². The summed E-state index contributed by atoms with van der Waals surface area (Å²) in [5, 5.41) is 9.17. The van der Waals surface area contributed by atoms with Crippen molar-refractivity contribution < 1.29 is 22.7 Å². The monoisotopic (exact) mass is 522 g/mol. The van der Waals surface area contributed by atoms with Gasteiger partial charge in [-0.3, -0.25) is 4.99 Å². The van der Waals surface area contributed by atoms with Crippen molar-refractivity contribution >= 4 is 40.4 Å². The number of amides is 1. The van der Waals surface area contributed by atoms with E-state index in [2.05, 4.69) is 15.4 Å². The second-order valence-electron chi connectivity index (χ2n) is 7.85. The van der Waals surface area contributed by atoms with Crippen LogP contribution in [0.1, 0.15) is 35.1 Å². The highest BCUT2D eigenvalue weighted by Crippen LogP contribution is 2.46. The quantitative estimate of drug-likeness (QED) is 0.517. The summed E-state index contributed by atoms with van der Waals surface area (Å²) in [6.45, 7) is -2.47. The maximum absolute atomic E-state index is 13.9. The van der Waals surface area contributed by atoms with Gasteiger partial charge in [-0.25, -0.2) is 18.9 Å². The lowest BCUT2D eigenvalue weighted by Crippen LogP contribution is -2.39. The van der Waals surface area contributed by atoms with E-state index < -0.39 is 24.5 Å². The largest absolute Gasteiger partial charge is 0.453 e. The number of alkyl carbamates (subject to hydrolysis) is 1. The first kappa shape index (κ1) is 23.4. The van der Waals surface area contributed by atoms with Gasteiger partial charge in [-0.1, -0.05) is 17.7 Å². The molecule has 2 aromatic heterocycles. The van der Waals surface area contributed by atoms with Crippen molar-refractivity contribution in [3.05, 3.63) is 74.8 Å². The molecule has 3 aromatic rings. The molecule has 0 radical (unpaired) electrons. The maximum atomic E-state index is 13.9. The number of fused-ring (bicyclic) bond motifs is 1. The van der Waals surface area contributed by atoms with Crippen LogP contribution in [-0.4, -0.2) is 51.3 Å². The number of benzene rings is 1. The Morgan fingerprint density at radius 3 is 2.86 bits per heavy atom. The van der Waals surface area contributed by atoms with Crippen LogP contribution in [0.5, 0.6) is 0 Å². The van der Waals surface area contributed by atoms with Crippen molar-refractivity contribution in [2.24, 2.45) is 4.99 Å². The Morgan fingerprint density at radius 2 is 2.20 bits per heavy atom. The number of carbonyl (C=O) groups excluding carboxylic acids is 1. The summed E-state index contributed by atoms with van der Waals surface area (Å²) >= 11 is 7.81. The molecule has 1 fully saturated rings. The topological polar surface area (TPSA) is 84.6 Å². The molecular weight excluding hydrogens is 505 g/mol. The number of hydrogen-bond donors (Lipinski definition) is 1. The molecule has 8 nitrogen and oxygen atoms in total. The Labute approximate surface area is 206 Å². The summed E-state index contributed by atoms with van der Waals surface area (Å²) in [7, 11) is 1.27. The Morgan fingerprint density at radius 1 is 1.37 bits per heavy atom. The van der Waals surface area contributed by atoms with E-state index in [-0.39, 0.29) is 11.1 Å². The molecule has 1 saturated heterocycles. The fourth-order valence-corrected chi connectivity index (χ4v) is 5.22.